The van der Waals surface area contributed by atoms with Crippen LogP contribution in [-0.4, -0.2) is 62.0 Å². The molecule has 1 saturated heterocycles. The fourth-order valence-corrected chi connectivity index (χ4v) is 2.92. The molecule has 0 spiro atoms. The van der Waals surface area contributed by atoms with Gasteiger partial charge >= 0.3 is 0 Å². The molecule has 0 aromatic heterocycles. The molecule has 0 aromatic rings. The summed E-state index contributed by atoms with van der Waals surface area (Å²) in [5.41, 5.74) is 0. The molecule has 1 amide bonds. The lowest BCUT2D eigenvalue weighted by atomic mass is 10.1. The molecular weight excluding hydrogens is 226 g/mol. The summed E-state index contributed by atoms with van der Waals surface area (Å²) in [4.78, 5) is 16.7. The van der Waals surface area contributed by atoms with Gasteiger partial charge in [0.25, 0.3) is 0 Å². The van der Waals surface area contributed by atoms with Gasteiger partial charge < -0.3 is 15.1 Å². The lowest BCUT2D eigenvalue weighted by Crippen LogP contribution is -2.45. The predicted molar refractivity (Wildman–Crippen MR) is 73.5 cm³/mol. The van der Waals surface area contributed by atoms with Gasteiger partial charge in [-0.2, -0.15) is 0 Å². The SMILES string of the molecule is CN1CCN(CCCNC(=O)C2CCCC2)CC1. The summed E-state index contributed by atoms with van der Waals surface area (Å²) >= 11 is 0. The summed E-state index contributed by atoms with van der Waals surface area (Å²) in [7, 11) is 2.18. The number of likely N-dealkylation sites (N-methyl/N-ethyl adjacent to an activating group) is 1. The molecule has 1 heterocycles. The Hall–Kier alpha value is -0.610. The van der Waals surface area contributed by atoms with Gasteiger partial charge in [-0.05, 0) is 32.9 Å². The van der Waals surface area contributed by atoms with Crippen LogP contribution < -0.4 is 5.32 Å². The van der Waals surface area contributed by atoms with Crippen molar-refractivity contribution in [2.45, 2.75) is 32.1 Å². The minimum absolute atomic E-state index is 0.297. The summed E-state index contributed by atoms with van der Waals surface area (Å²) in [5, 5.41) is 3.10. The van der Waals surface area contributed by atoms with Gasteiger partial charge in [-0.1, -0.05) is 12.8 Å². The maximum atomic E-state index is 11.8. The van der Waals surface area contributed by atoms with Crippen LogP contribution in [0.5, 0.6) is 0 Å². The van der Waals surface area contributed by atoms with Gasteiger partial charge in [-0.3, -0.25) is 4.79 Å². The Morgan fingerprint density at radius 1 is 1.17 bits per heavy atom. The number of piperazine rings is 1. The Bertz CT molecular complexity index is 256. The van der Waals surface area contributed by atoms with Crippen molar-refractivity contribution in [2.24, 2.45) is 5.92 Å². The van der Waals surface area contributed by atoms with Crippen molar-refractivity contribution in [3.8, 4) is 0 Å². The highest BCUT2D eigenvalue weighted by Gasteiger charge is 2.22. The smallest absolute Gasteiger partial charge is 0.223 e. The first-order valence-corrected chi connectivity index (χ1v) is 7.44. The Morgan fingerprint density at radius 3 is 2.50 bits per heavy atom. The summed E-state index contributed by atoms with van der Waals surface area (Å²) in [6, 6.07) is 0. The molecule has 0 unspecified atom stereocenters. The number of hydrogen-bond acceptors (Lipinski definition) is 3. The monoisotopic (exact) mass is 253 g/mol. The van der Waals surface area contributed by atoms with Gasteiger partial charge in [0.15, 0.2) is 0 Å². The highest BCUT2D eigenvalue weighted by atomic mass is 16.1. The van der Waals surface area contributed by atoms with E-state index in [1.54, 1.807) is 0 Å². The minimum atomic E-state index is 0.297. The molecule has 0 atom stereocenters. The minimum Gasteiger partial charge on any atom is -0.356 e. The Morgan fingerprint density at radius 2 is 1.83 bits per heavy atom. The zero-order valence-electron chi connectivity index (χ0n) is 11.7. The highest BCUT2D eigenvalue weighted by molar-refractivity contribution is 5.78. The van der Waals surface area contributed by atoms with Gasteiger partial charge in [0.1, 0.15) is 0 Å². The third-order valence-corrected chi connectivity index (χ3v) is 4.27. The zero-order chi connectivity index (χ0) is 12.8. The largest absolute Gasteiger partial charge is 0.356 e. The first kappa shape index (κ1) is 13.8. The molecule has 1 N–H and O–H groups in total. The van der Waals surface area contributed by atoms with E-state index in [1.807, 2.05) is 0 Å². The molecule has 0 radical (unpaired) electrons. The second kappa shape index (κ2) is 7.10. The second-order valence-corrected chi connectivity index (χ2v) is 5.77. The molecule has 104 valence electrons. The Balaban J connectivity index is 1.51. The number of carbonyl (C=O) groups is 1. The summed E-state index contributed by atoms with van der Waals surface area (Å²) in [6.45, 7) is 6.67. The molecule has 0 aromatic carbocycles. The molecule has 18 heavy (non-hydrogen) atoms. The van der Waals surface area contributed by atoms with Crippen LogP contribution in [0.3, 0.4) is 0 Å². The predicted octanol–water partition coefficient (Wildman–Crippen LogP) is 0.930. The van der Waals surface area contributed by atoms with Crippen LogP contribution in [0, 0.1) is 5.92 Å². The van der Waals surface area contributed by atoms with E-state index in [0.29, 0.717) is 11.8 Å². The van der Waals surface area contributed by atoms with E-state index >= 15 is 0 Å². The number of carbonyl (C=O) groups excluding carboxylic acids is 1. The van der Waals surface area contributed by atoms with Gasteiger partial charge in [0.2, 0.25) is 5.91 Å². The van der Waals surface area contributed by atoms with Crippen molar-refractivity contribution in [1.29, 1.82) is 0 Å². The van der Waals surface area contributed by atoms with Crippen LogP contribution in [-0.2, 0) is 4.79 Å². The molecule has 1 aliphatic carbocycles. The molecule has 1 aliphatic heterocycles. The summed E-state index contributed by atoms with van der Waals surface area (Å²) < 4.78 is 0. The number of hydrogen-bond donors (Lipinski definition) is 1. The molecule has 2 rings (SSSR count). The summed E-state index contributed by atoms with van der Waals surface area (Å²) in [6.07, 6.45) is 5.76. The summed E-state index contributed by atoms with van der Waals surface area (Å²) in [5.74, 6) is 0.611. The van der Waals surface area contributed by atoms with Gasteiger partial charge in [0.05, 0.1) is 0 Å². The topological polar surface area (TPSA) is 35.6 Å². The van der Waals surface area contributed by atoms with Crippen molar-refractivity contribution < 1.29 is 4.79 Å². The third kappa shape index (κ3) is 4.25. The first-order valence-electron chi connectivity index (χ1n) is 7.44. The molecular formula is C14H27N3O. The molecule has 1 saturated carbocycles. The third-order valence-electron chi connectivity index (χ3n) is 4.27. The standard InChI is InChI=1S/C14H27N3O/c1-16-9-11-17(12-10-16)8-4-7-15-14(18)13-5-2-3-6-13/h13H,2-12H2,1H3,(H,15,18). The fourth-order valence-electron chi connectivity index (χ4n) is 2.92. The van der Waals surface area contributed by atoms with Crippen molar-refractivity contribution in [3.05, 3.63) is 0 Å². The van der Waals surface area contributed by atoms with Gasteiger partial charge in [0, 0.05) is 38.6 Å². The number of amides is 1. The molecule has 2 fully saturated rings. The van der Waals surface area contributed by atoms with Crippen LogP contribution in [0.1, 0.15) is 32.1 Å². The van der Waals surface area contributed by atoms with E-state index < -0.39 is 0 Å². The lowest BCUT2D eigenvalue weighted by Gasteiger charge is -2.32. The average molecular weight is 253 g/mol. The van der Waals surface area contributed by atoms with E-state index in [-0.39, 0.29) is 0 Å². The van der Waals surface area contributed by atoms with Crippen molar-refractivity contribution in [1.82, 2.24) is 15.1 Å². The van der Waals surface area contributed by atoms with Crippen molar-refractivity contribution in [3.63, 3.8) is 0 Å². The van der Waals surface area contributed by atoms with E-state index in [0.717, 1.165) is 32.4 Å². The van der Waals surface area contributed by atoms with E-state index in [2.05, 4.69) is 22.2 Å². The second-order valence-electron chi connectivity index (χ2n) is 5.77. The maximum Gasteiger partial charge on any atom is 0.223 e. The normalized spacial score (nSPS) is 23.4. The van der Waals surface area contributed by atoms with Crippen LogP contribution in [0.15, 0.2) is 0 Å². The first-order chi connectivity index (χ1) is 8.75. The van der Waals surface area contributed by atoms with Crippen molar-refractivity contribution in [2.75, 3.05) is 46.3 Å². The maximum absolute atomic E-state index is 11.8. The van der Waals surface area contributed by atoms with Crippen molar-refractivity contribution >= 4 is 5.91 Å². The molecule has 2 aliphatic rings. The van der Waals surface area contributed by atoms with Crippen LogP contribution in [0.2, 0.25) is 0 Å². The van der Waals surface area contributed by atoms with Crippen LogP contribution in [0.25, 0.3) is 0 Å². The van der Waals surface area contributed by atoms with Crippen LogP contribution >= 0.6 is 0 Å². The zero-order valence-corrected chi connectivity index (χ0v) is 11.7. The van der Waals surface area contributed by atoms with E-state index in [9.17, 15) is 4.79 Å². The number of nitrogens with one attached hydrogen (secondary N) is 1. The van der Waals surface area contributed by atoms with Gasteiger partial charge in [-0.25, -0.2) is 0 Å². The van der Waals surface area contributed by atoms with E-state index in [1.165, 1.54) is 39.0 Å². The molecule has 0 bridgehead atoms. The quantitative estimate of drug-likeness (QED) is 0.740. The Labute approximate surface area is 111 Å². The van der Waals surface area contributed by atoms with E-state index in [4.69, 9.17) is 0 Å². The highest BCUT2D eigenvalue weighted by Crippen LogP contribution is 2.24. The molecule has 4 nitrogen and oxygen atoms in total. The van der Waals surface area contributed by atoms with Crippen LogP contribution in [0.4, 0.5) is 0 Å². The average Bonchev–Trinajstić information content (AvgIpc) is 2.90. The number of rotatable bonds is 5. The lowest BCUT2D eigenvalue weighted by molar-refractivity contribution is -0.124. The number of nitrogens with zero attached hydrogens (tertiary/aromatic N) is 2. The fraction of sp³-hybridized carbons (Fsp3) is 0.929. The van der Waals surface area contributed by atoms with Gasteiger partial charge in [-0.15, -0.1) is 0 Å². The molecule has 4 heteroatoms. The Kier molecular flexibility index (Phi) is 5.45.